The molecule has 1 amide bonds. The second-order valence-electron chi connectivity index (χ2n) is 5.79. The lowest BCUT2D eigenvalue weighted by molar-refractivity contribution is -0.385. The van der Waals surface area contributed by atoms with Gasteiger partial charge in [0.25, 0.3) is 5.69 Å². The smallest absolute Gasteiger partial charge is 0.409 e. The number of benzene rings is 1. The minimum Gasteiger partial charge on any atom is -0.450 e. The van der Waals surface area contributed by atoms with Gasteiger partial charge in [-0.2, -0.15) is 0 Å². The van der Waals surface area contributed by atoms with Crippen LogP contribution in [-0.4, -0.2) is 50.1 Å². The van der Waals surface area contributed by atoms with Crippen LogP contribution in [0.1, 0.15) is 25.3 Å². The van der Waals surface area contributed by atoms with Crippen molar-refractivity contribution in [1.29, 1.82) is 0 Å². The molecular weight excluding hydrogens is 350 g/mol. The highest BCUT2D eigenvalue weighted by Crippen LogP contribution is 2.23. The predicted molar refractivity (Wildman–Crippen MR) is 89.8 cm³/mol. The van der Waals surface area contributed by atoms with Crippen molar-refractivity contribution in [3.63, 3.8) is 0 Å². The van der Waals surface area contributed by atoms with Gasteiger partial charge in [-0.25, -0.2) is 17.9 Å². The molecule has 1 saturated heterocycles. The quantitative estimate of drug-likeness (QED) is 0.623. The van der Waals surface area contributed by atoms with Crippen LogP contribution in [0, 0.1) is 17.0 Å². The number of carbonyl (C=O) groups excluding carboxylic acids is 1. The summed E-state index contributed by atoms with van der Waals surface area (Å²) in [5.41, 5.74) is 0.158. The fraction of sp³-hybridized carbons (Fsp3) is 0.533. The van der Waals surface area contributed by atoms with E-state index in [0.717, 1.165) is 6.07 Å². The second kappa shape index (κ2) is 7.79. The molecule has 0 spiro atoms. The summed E-state index contributed by atoms with van der Waals surface area (Å²) in [7, 11) is -3.88. The number of nitrogens with one attached hydrogen (secondary N) is 1. The summed E-state index contributed by atoms with van der Waals surface area (Å²) in [5.74, 6) is 0. The standard InChI is InChI=1S/C15H21N3O6S/c1-3-24-15(19)17-8-6-12(7-9-17)16-25(22,23)14-10-13(18(20)21)5-4-11(14)2/h4-5,10,12,16H,3,6-9H2,1-2H3. The van der Waals surface area contributed by atoms with E-state index < -0.39 is 21.0 Å². The van der Waals surface area contributed by atoms with E-state index in [4.69, 9.17) is 4.74 Å². The fourth-order valence-corrected chi connectivity index (χ4v) is 4.24. The highest BCUT2D eigenvalue weighted by molar-refractivity contribution is 7.89. The summed E-state index contributed by atoms with van der Waals surface area (Å²) >= 11 is 0. The number of likely N-dealkylation sites (tertiary alicyclic amines) is 1. The second-order valence-corrected chi connectivity index (χ2v) is 7.47. The van der Waals surface area contributed by atoms with Gasteiger partial charge in [0.15, 0.2) is 0 Å². The third-order valence-corrected chi connectivity index (χ3v) is 5.68. The van der Waals surface area contributed by atoms with Gasteiger partial charge in [0.1, 0.15) is 0 Å². The Morgan fingerprint density at radius 3 is 2.60 bits per heavy atom. The molecule has 1 aliphatic heterocycles. The van der Waals surface area contributed by atoms with E-state index in [2.05, 4.69) is 4.72 Å². The Kier molecular flexibility index (Phi) is 5.96. The van der Waals surface area contributed by atoms with Gasteiger partial charge in [0.2, 0.25) is 10.0 Å². The molecule has 0 aliphatic carbocycles. The number of rotatable bonds is 5. The van der Waals surface area contributed by atoms with Crippen molar-refractivity contribution in [2.75, 3.05) is 19.7 Å². The average molecular weight is 371 g/mol. The van der Waals surface area contributed by atoms with Crippen molar-refractivity contribution in [2.24, 2.45) is 0 Å². The Morgan fingerprint density at radius 2 is 2.04 bits per heavy atom. The third-order valence-electron chi connectivity index (χ3n) is 4.01. The number of amides is 1. The largest absolute Gasteiger partial charge is 0.450 e. The Morgan fingerprint density at radius 1 is 1.40 bits per heavy atom. The van der Waals surface area contributed by atoms with E-state index in [1.54, 1.807) is 13.8 Å². The van der Waals surface area contributed by atoms with Crippen molar-refractivity contribution >= 4 is 21.8 Å². The number of hydrogen-bond donors (Lipinski definition) is 1. The number of carbonyl (C=O) groups is 1. The van der Waals surface area contributed by atoms with Gasteiger partial charge < -0.3 is 9.64 Å². The van der Waals surface area contributed by atoms with E-state index in [0.29, 0.717) is 31.5 Å². The summed E-state index contributed by atoms with van der Waals surface area (Å²) in [6.07, 6.45) is 0.497. The Hall–Kier alpha value is -2.20. The Bertz CT molecular complexity index is 757. The Balaban J connectivity index is 2.07. The van der Waals surface area contributed by atoms with Gasteiger partial charge >= 0.3 is 6.09 Å². The zero-order valence-corrected chi connectivity index (χ0v) is 14.9. The average Bonchev–Trinajstić information content (AvgIpc) is 2.55. The number of ether oxygens (including phenoxy) is 1. The molecule has 1 N–H and O–H groups in total. The molecule has 25 heavy (non-hydrogen) atoms. The van der Waals surface area contributed by atoms with Gasteiger partial charge in [-0.1, -0.05) is 6.07 Å². The first-order chi connectivity index (χ1) is 11.7. The summed E-state index contributed by atoms with van der Waals surface area (Å²) in [5, 5.41) is 10.9. The van der Waals surface area contributed by atoms with Gasteiger partial charge in [0.05, 0.1) is 16.4 Å². The number of nitro benzene ring substituents is 1. The third kappa shape index (κ3) is 4.67. The molecule has 9 nitrogen and oxygen atoms in total. The highest BCUT2D eigenvalue weighted by atomic mass is 32.2. The molecule has 0 radical (unpaired) electrons. The van der Waals surface area contributed by atoms with Crippen LogP contribution in [-0.2, 0) is 14.8 Å². The zero-order chi connectivity index (χ0) is 18.6. The van der Waals surface area contributed by atoms with E-state index >= 15 is 0 Å². The zero-order valence-electron chi connectivity index (χ0n) is 14.1. The lowest BCUT2D eigenvalue weighted by Gasteiger charge is -2.31. The van der Waals surface area contributed by atoms with E-state index in [1.165, 1.54) is 17.0 Å². The van der Waals surface area contributed by atoms with Crippen LogP contribution in [0.15, 0.2) is 23.1 Å². The number of hydrogen-bond acceptors (Lipinski definition) is 6. The molecular formula is C15H21N3O6S. The van der Waals surface area contributed by atoms with Crippen LogP contribution in [0.4, 0.5) is 10.5 Å². The summed E-state index contributed by atoms with van der Waals surface area (Å²) < 4.78 is 32.7. The molecule has 0 saturated carbocycles. The van der Waals surface area contributed by atoms with Gasteiger partial charge in [-0.15, -0.1) is 0 Å². The van der Waals surface area contributed by atoms with Crippen molar-refractivity contribution in [3.05, 3.63) is 33.9 Å². The maximum Gasteiger partial charge on any atom is 0.409 e. The SMILES string of the molecule is CCOC(=O)N1CCC(NS(=O)(=O)c2cc([N+](=O)[O-])ccc2C)CC1. The number of aryl methyl sites for hydroxylation is 1. The van der Waals surface area contributed by atoms with Crippen molar-refractivity contribution in [2.45, 2.75) is 37.6 Å². The molecule has 10 heteroatoms. The number of non-ortho nitro benzene ring substituents is 1. The summed E-state index contributed by atoms with van der Waals surface area (Å²) in [6, 6.07) is 3.41. The predicted octanol–water partition coefficient (Wildman–Crippen LogP) is 1.80. The molecule has 1 aromatic rings. The molecule has 0 unspecified atom stereocenters. The van der Waals surface area contributed by atoms with Crippen LogP contribution in [0.25, 0.3) is 0 Å². The molecule has 1 heterocycles. The van der Waals surface area contributed by atoms with Crippen LogP contribution in [0.3, 0.4) is 0 Å². The van der Waals surface area contributed by atoms with Crippen molar-refractivity contribution in [3.8, 4) is 0 Å². The summed E-state index contributed by atoms with van der Waals surface area (Å²) in [4.78, 5) is 23.3. The summed E-state index contributed by atoms with van der Waals surface area (Å²) in [6.45, 7) is 4.37. The lowest BCUT2D eigenvalue weighted by atomic mass is 10.1. The van der Waals surface area contributed by atoms with Gasteiger partial charge in [-0.05, 0) is 32.3 Å². The van der Waals surface area contributed by atoms with Crippen molar-refractivity contribution < 1.29 is 22.9 Å². The van der Waals surface area contributed by atoms with Crippen LogP contribution < -0.4 is 4.72 Å². The van der Waals surface area contributed by atoms with Crippen LogP contribution in [0.5, 0.6) is 0 Å². The lowest BCUT2D eigenvalue weighted by Crippen LogP contribution is -2.46. The molecule has 2 rings (SSSR count). The monoisotopic (exact) mass is 371 g/mol. The molecule has 0 atom stereocenters. The van der Waals surface area contributed by atoms with Crippen LogP contribution >= 0.6 is 0 Å². The number of sulfonamides is 1. The maximum absolute atomic E-state index is 12.6. The topological polar surface area (TPSA) is 119 Å². The van der Waals surface area contributed by atoms with E-state index in [1.807, 2.05) is 0 Å². The first kappa shape index (κ1) is 19.1. The molecule has 0 bridgehead atoms. The normalized spacial score (nSPS) is 15.8. The fourth-order valence-electron chi connectivity index (χ4n) is 2.67. The first-order valence-corrected chi connectivity index (χ1v) is 9.42. The molecule has 1 aliphatic rings. The number of piperidine rings is 1. The first-order valence-electron chi connectivity index (χ1n) is 7.93. The van der Waals surface area contributed by atoms with Crippen LogP contribution in [0.2, 0.25) is 0 Å². The Labute approximate surface area is 146 Å². The van der Waals surface area contributed by atoms with Crippen molar-refractivity contribution in [1.82, 2.24) is 9.62 Å². The minimum absolute atomic E-state index is 0.102. The number of nitro groups is 1. The molecule has 1 aromatic carbocycles. The van der Waals surface area contributed by atoms with E-state index in [9.17, 15) is 23.3 Å². The highest BCUT2D eigenvalue weighted by Gasteiger charge is 2.28. The molecule has 1 fully saturated rings. The van der Waals surface area contributed by atoms with E-state index in [-0.39, 0.29) is 23.2 Å². The minimum atomic E-state index is -3.88. The van der Waals surface area contributed by atoms with Gasteiger partial charge in [0, 0.05) is 31.3 Å². The maximum atomic E-state index is 12.6. The molecule has 138 valence electrons. The van der Waals surface area contributed by atoms with Gasteiger partial charge in [-0.3, -0.25) is 10.1 Å². The molecule has 0 aromatic heterocycles. The number of nitrogens with zero attached hydrogens (tertiary/aromatic N) is 2.